The van der Waals surface area contributed by atoms with E-state index >= 15 is 0 Å². The summed E-state index contributed by atoms with van der Waals surface area (Å²) < 4.78 is 0. The summed E-state index contributed by atoms with van der Waals surface area (Å²) in [5.41, 5.74) is 2.49. The molecule has 0 atom stereocenters. The van der Waals surface area contributed by atoms with Gasteiger partial charge in [0.15, 0.2) is 0 Å². The Morgan fingerprint density at radius 3 is 1.58 bits per heavy atom. The first-order valence-electron chi connectivity index (χ1n) is 7.10. The smallest absolute Gasteiger partial charge is 0.0580 e. The first-order valence-corrected chi connectivity index (χ1v) is 7.10. The Balaban J connectivity index is 1.96. The number of benzene rings is 2. The number of anilines is 2. The molecule has 3 rings (SSSR count). The van der Waals surface area contributed by atoms with Crippen LogP contribution in [0.1, 0.15) is 19.3 Å². The van der Waals surface area contributed by atoms with E-state index in [1.54, 1.807) is 0 Å². The number of hydrogen-bond acceptors (Lipinski definition) is 2. The molecule has 2 aromatic carbocycles. The quantitative estimate of drug-likeness (QED) is 0.806. The Kier molecular flexibility index (Phi) is 3.80. The summed E-state index contributed by atoms with van der Waals surface area (Å²) in [5, 5.41) is 4.83. The third-order valence-electron chi connectivity index (χ3n) is 3.62. The molecule has 0 aliphatic carbocycles. The second kappa shape index (κ2) is 5.89. The summed E-state index contributed by atoms with van der Waals surface area (Å²) in [4.78, 5) is 0. The molecule has 2 heteroatoms. The fraction of sp³-hybridized carbons (Fsp3) is 0.294. The van der Waals surface area contributed by atoms with Crippen molar-refractivity contribution in [1.82, 2.24) is 5.01 Å². The second-order valence-electron chi connectivity index (χ2n) is 5.00. The second-order valence-corrected chi connectivity index (χ2v) is 5.00. The molecule has 2 nitrogen and oxygen atoms in total. The molecule has 1 aliphatic rings. The fourth-order valence-corrected chi connectivity index (χ4v) is 2.69. The molecule has 1 aliphatic heterocycles. The van der Waals surface area contributed by atoms with Crippen molar-refractivity contribution in [2.75, 3.05) is 18.1 Å². The fourth-order valence-electron chi connectivity index (χ4n) is 2.69. The van der Waals surface area contributed by atoms with Gasteiger partial charge in [0.2, 0.25) is 0 Å². The molecule has 0 radical (unpaired) electrons. The zero-order chi connectivity index (χ0) is 12.9. The monoisotopic (exact) mass is 252 g/mol. The lowest BCUT2D eigenvalue weighted by Gasteiger charge is -2.39. The Morgan fingerprint density at radius 1 is 0.632 bits per heavy atom. The van der Waals surface area contributed by atoms with Crippen LogP contribution in [0.3, 0.4) is 0 Å². The van der Waals surface area contributed by atoms with Crippen LogP contribution in [0.15, 0.2) is 60.7 Å². The third kappa shape index (κ3) is 2.79. The van der Waals surface area contributed by atoms with E-state index in [0.717, 1.165) is 13.1 Å². The predicted molar refractivity (Wildman–Crippen MR) is 80.4 cm³/mol. The van der Waals surface area contributed by atoms with Gasteiger partial charge in [-0.25, -0.2) is 5.01 Å². The molecule has 0 unspecified atom stereocenters. The van der Waals surface area contributed by atoms with Crippen LogP contribution in [0.2, 0.25) is 0 Å². The van der Waals surface area contributed by atoms with Crippen molar-refractivity contribution < 1.29 is 0 Å². The van der Waals surface area contributed by atoms with E-state index in [9.17, 15) is 0 Å². The summed E-state index contributed by atoms with van der Waals surface area (Å²) in [7, 11) is 0. The number of hydrogen-bond donors (Lipinski definition) is 0. The van der Waals surface area contributed by atoms with Crippen molar-refractivity contribution in [2.45, 2.75) is 19.3 Å². The SMILES string of the molecule is c1ccc(N(c2ccccc2)N2CCCCC2)cc1. The highest BCUT2D eigenvalue weighted by Gasteiger charge is 2.19. The number of hydrazine groups is 1. The lowest BCUT2D eigenvalue weighted by atomic mass is 10.1. The van der Waals surface area contributed by atoms with Crippen LogP contribution in [-0.2, 0) is 0 Å². The van der Waals surface area contributed by atoms with Crippen LogP contribution in [0.25, 0.3) is 0 Å². The van der Waals surface area contributed by atoms with Crippen molar-refractivity contribution >= 4 is 11.4 Å². The number of piperidine rings is 1. The maximum Gasteiger partial charge on any atom is 0.0580 e. The first kappa shape index (κ1) is 12.2. The summed E-state index contributed by atoms with van der Waals surface area (Å²) in [6, 6.07) is 21.3. The minimum absolute atomic E-state index is 1.14. The van der Waals surface area contributed by atoms with Gasteiger partial charge >= 0.3 is 0 Å². The molecule has 0 aromatic heterocycles. The van der Waals surface area contributed by atoms with Gasteiger partial charge in [0.25, 0.3) is 0 Å². The Bertz CT molecular complexity index is 450. The topological polar surface area (TPSA) is 6.48 Å². The van der Waals surface area contributed by atoms with Gasteiger partial charge < -0.3 is 0 Å². The van der Waals surface area contributed by atoms with E-state index in [4.69, 9.17) is 0 Å². The van der Waals surface area contributed by atoms with E-state index < -0.39 is 0 Å². The summed E-state index contributed by atoms with van der Waals surface area (Å²) in [6.07, 6.45) is 3.93. The van der Waals surface area contributed by atoms with E-state index in [2.05, 4.69) is 70.7 Å². The summed E-state index contributed by atoms with van der Waals surface area (Å²) >= 11 is 0. The zero-order valence-corrected chi connectivity index (χ0v) is 11.2. The zero-order valence-electron chi connectivity index (χ0n) is 11.2. The minimum atomic E-state index is 1.14. The Labute approximate surface area is 115 Å². The molecular formula is C17H20N2. The van der Waals surface area contributed by atoms with Gasteiger partial charge in [-0.1, -0.05) is 42.8 Å². The molecule has 0 saturated carbocycles. The van der Waals surface area contributed by atoms with Gasteiger partial charge in [-0.05, 0) is 37.1 Å². The standard InChI is InChI=1S/C17H20N2/c1-4-10-16(11-5-1)19(17-12-6-2-7-13-17)18-14-8-3-9-15-18/h1-2,4-7,10-13H,3,8-9,14-15H2. The average molecular weight is 252 g/mol. The first-order chi connectivity index (χ1) is 9.45. The molecule has 0 bridgehead atoms. The molecule has 0 N–H and O–H groups in total. The molecule has 2 aromatic rings. The number of nitrogens with zero attached hydrogens (tertiary/aromatic N) is 2. The van der Waals surface area contributed by atoms with Crippen LogP contribution in [0.4, 0.5) is 11.4 Å². The van der Waals surface area contributed by atoms with E-state index in [-0.39, 0.29) is 0 Å². The third-order valence-corrected chi connectivity index (χ3v) is 3.62. The van der Waals surface area contributed by atoms with Crippen molar-refractivity contribution in [2.24, 2.45) is 0 Å². The van der Waals surface area contributed by atoms with E-state index in [1.807, 2.05) is 0 Å². The summed E-state index contributed by atoms with van der Waals surface area (Å²) in [6.45, 7) is 2.29. The summed E-state index contributed by atoms with van der Waals surface area (Å²) in [5.74, 6) is 0. The highest BCUT2D eigenvalue weighted by Crippen LogP contribution is 2.28. The lowest BCUT2D eigenvalue weighted by Crippen LogP contribution is -2.42. The van der Waals surface area contributed by atoms with Gasteiger partial charge in [0, 0.05) is 13.1 Å². The Morgan fingerprint density at radius 2 is 1.11 bits per heavy atom. The van der Waals surface area contributed by atoms with Crippen LogP contribution in [0.5, 0.6) is 0 Å². The number of rotatable bonds is 3. The molecule has 1 fully saturated rings. The molecular weight excluding hydrogens is 232 g/mol. The van der Waals surface area contributed by atoms with Gasteiger partial charge in [-0.3, -0.25) is 5.01 Å². The van der Waals surface area contributed by atoms with E-state index in [0.29, 0.717) is 0 Å². The maximum absolute atomic E-state index is 2.47. The van der Waals surface area contributed by atoms with Gasteiger partial charge in [-0.2, -0.15) is 0 Å². The van der Waals surface area contributed by atoms with E-state index in [1.165, 1.54) is 30.6 Å². The maximum atomic E-state index is 2.47. The largest absolute Gasteiger partial charge is 0.274 e. The average Bonchev–Trinajstić information content (AvgIpc) is 2.51. The van der Waals surface area contributed by atoms with Crippen molar-refractivity contribution in [3.05, 3.63) is 60.7 Å². The molecule has 1 heterocycles. The van der Waals surface area contributed by atoms with Crippen LogP contribution in [-0.4, -0.2) is 18.1 Å². The van der Waals surface area contributed by atoms with Crippen LogP contribution < -0.4 is 5.01 Å². The Hall–Kier alpha value is -1.80. The molecule has 98 valence electrons. The van der Waals surface area contributed by atoms with Crippen LogP contribution in [0, 0.1) is 0 Å². The van der Waals surface area contributed by atoms with Crippen molar-refractivity contribution in [1.29, 1.82) is 0 Å². The highest BCUT2D eigenvalue weighted by molar-refractivity contribution is 5.61. The number of para-hydroxylation sites is 2. The van der Waals surface area contributed by atoms with Gasteiger partial charge in [0.1, 0.15) is 0 Å². The molecule has 19 heavy (non-hydrogen) atoms. The minimum Gasteiger partial charge on any atom is -0.274 e. The predicted octanol–water partition coefficient (Wildman–Crippen LogP) is 4.23. The molecule has 0 amide bonds. The molecule has 1 saturated heterocycles. The van der Waals surface area contributed by atoms with Crippen molar-refractivity contribution in [3.63, 3.8) is 0 Å². The highest BCUT2D eigenvalue weighted by atomic mass is 15.6. The van der Waals surface area contributed by atoms with Gasteiger partial charge in [-0.15, -0.1) is 0 Å². The molecule has 0 spiro atoms. The lowest BCUT2D eigenvalue weighted by molar-refractivity contribution is 0.231. The van der Waals surface area contributed by atoms with Gasteiger partial charge in [0.05, 0.1) is 11.4 Å². The van der Waals surface area contributed by atoms with Crippen molar-refractivity contribution in [3.8, 4) is 0 Å². The van der Waals surface area contributed by atoms with Crippen LogP contribution >= 0.6 is 0 Å². The normalized spacial score (nSPS) is 16.2.